The van der Waals surface area contributed by atoms with Crippen LogP contribution in [0.1, 0.15) is 130 Å². The van der Waals surface area contributed by atoms with E-state index in [4.69, 9.17) is 28.4 Å². The first-order valence-electron chi connectivity index (χ1n) is 20.6. The normalized spacial score (nSPS) is 15.6. The van der Waals surface area contributed by atoms with Crippen LogP contribution in [0.15, 0.2) is 18.2 Å². The smallest absolute Gasteiger partial charge is 0.264 e. The van der Waals surface area contributed by atoms with Gasteiger partial charge in [-0.2, -0.15) is 0 Å². The fourth-order valence-corrected chi connectivity index (χ4v) is 6.52. The van der Waals surface area contributed by atoms with Gasteiger partial charge in [0.25, 0.3) is 11.8 Å². The highest BCUT2D eigenvalue weighted by Crippen LogP contribution is 2.32. The Morgan fingerprint density at radius 3 is 1.56 bits per heavy atom. The fraction of sp³-hybridized carbons (Fsp3) is 0.756. The molecule has 1 atom stereocenters. The number of carbonyl (C=O) groups is 4. The number of piperidine rings is 1. The summed E-state index contributed by atoms with van der Waals surface area (Å²) >= 11 is 0. The summed E-state index contributed by atoms with van der Waals surface area (Å²) in [5.41, 5.74) is 0.943. The van der Waals surface area contributed by atoms with Gasteiger partial charge in [-0.15, -0.1) is 0 Å². The third-order valence-electron chi connectivity index (χ3n) is 9.53. The predicted molar refractivity (Wildman–Crippen MR) is 207 cm³/mol. The monoisotopic (exact) mass is 761 g/mol. The summed E-state index contributed by atoms with van der Waals surface area (Å²) in [6, 6.07) is 3.95. The molecule has 4 amide bonds. The first kappa shape index (κ1) is 45.4. The van der Waals surface area contributed by atoms with E-state index in [9.17, 15) is 19.2 Å². The molecule has 3 rings (SSSR count). The van der Waals surface area contributed by atoms with Crippen molar-refractivity contribution in [2.75, 3.05) is 91.1 Å². The largest absolute Gasteiger partial charge is 0.382 e. The van der Waals surface area contributed by atoms with Gasteiger partial charge < -0.3 is 33.7 Å². The van der Waals surface area contributed by atoms with Crippen LogP contribution in [-0.4, -0.2) is 120 Å². The quantitative estimate of drug-likeness (QED) is 0.0612. The van der Waals surface area contributed by atoms with Crippen molar-refractivity contribution < 1.29 is 47.6 Å². The van der Waals surface area contributed by atoms with Gasteiger partial charge in [-0.3, -0.25) is 29.4 Å². The van der Waals surface area contributed by atoms with Gasteiger partial charge in [0.05, 0.1) is 83.8 Å². The number of amides is 4. The van der Waals surface area contributed by atoms with Crippen molar-refractivity contribution in [3.05, 3.63) is 29.3 Å². The maximum atomic E-state index is 13.2. The van der Waals surface area contributed by atoms with Crippen LogP contribution in [0.3, 0.4) is 0 Å². The van der Waals surface area contributed by atoms with Crippen LogP contribution in [0.25, 0.3) is 0 Å². The summed E-state index contributed by atoms with van der Waals surface area (Å²) in [7, 11) is 0. The average molecular weight is 762 g/mol. The number of rotatable bonds is 35. The molecule has 1 aromatic carbocycles. The van der Waals surface area contributed by atoms with Crippen molar-refractivity contribution in [1.29, 1.82) is 0 Å². The molecule has 0 spiro atoms. The maximum Gasteiger partial charge on any atom is 0.264 e. The SMILES string of the molecule is CCCCCCCCCCCCCCCCOCCOCCOCCOCCOCCOCCNc1cccc2c1C(=O)N(C1CCC(=O)NC1=O)C2=O. The van der Waals surface area contributed by atoms with E-state index < -0.39 is 29.7 Å². The molecule has 1 saturated heterocycles. The number of imide groups is 2. The van der Waals surface area contributed by atoms with E-state index in [-0.39, 0.29) is 24.0 Å². The number of unbranched alkanes of at least 4 members (excludes halogenated alkanes) is 13. The molecule has 1 unspecified atom stereocenters. The van der Waals surface area contributed by atoms with Crippen LogP contribution in [0.4, 0.5) is 5.69 Å². The molecule has 2 aliphatic heterocycles. The molecular weight excluding hydrogens is 694 g/mol. The second-order valence-corrected chi connectivity index (χ2v) is 13.9. The molecule has 306 valence electrons. The second-order valence-electron chi connectivity index (χ2n) is 13.9. The minimum atomic E-state index is -1.00. The Hall–Kier alpha value is -2.94. The number of nitrogens with zero attached hydrogens (tertiary/aromatic N) is 1. The van der Waals surface area contributed by atoms with Gasteiger partial charge in [0, 0.05) is 25.3 Å². The van der Waals surface area contributed by atoms with Gasteiger partial charge in [-0.1, -0.05) is 96.5 Å². The molecule has 54 heavy (non-hydrogen) atoms. The Labute approximate surface area is 322 Å². The number of benzene rings is 1. The van der Waals surface area contributed by atoms with Crippen molar-refractivity contribution in [3.8, 4) is 0 Å². The zero-order valence-corrected chi connectivity index (χ0v) is 32.8. The van der Waals surface area contributed by atoms with Crippen molar-refractivity contribution in [1.82, 2.24) is 10.2 Å². The molecule has 2 aliphatic rings. The number of hydrogen-bond donors (Lipinski definition) is 2. The average Bonchev–Trinajstić information content (AvgIpc) is 3.42. The highest BCUT2D eigenvalue weighted by molar-refractivity contribution is 6.25. The Morgan fingerprint density at radius 2 is 1.06 bits per heavy atom. The Kier molecular flexibility index (Phi) is 24.7. The first-order chi connectivity index (χ1) is 26.5. The highest BCUT2D eigenvalue weighted by atomic mass is 16.6. The Balaban J connectivity index is 1.02. The first-order valence-corrected chi connectivity index (χ1v) is 20.6. The Bertz CT molecular complexity index is 1220. The number of ether oxygens (including phenoxy) is 6. The summed E-state index contributed by atoms with van der Waals surface area (Å²) in [5.74, 6) is -2.13. The molecule has 1 fully saturated rings. The molecular formula is C41H67N3O10. The van der Waals surface area contributed by atoms with Crippen molar-refractivity contribution in [2.24, 2.45) is 0 Å². The van der Waals surface area contributed by atoms with Crippen LogP contribution in [0, 0.1) is 0 Å². The number of anilines is 1. The maximum absolute atomic E-state index is 13.2. The number of carbonyl (C=O) groups excluding carboxylic acids is 4. The number of nitrogens with one attached hydrogen (secondary N) is 2. The topological polar surface area (TPSA) is 151 Å². The van der Waals surface area contributed by atoms with Crippen LogP contribution < -0.4 is 10.6 Å². The van der Waals surface area contributed by atoms with Gasteiger partial charge in [-0.05, 0) is 25.0 Å². The van der Waals surface area contributed by atoms with Gasteiger partial charge in [0.1, 0.15) is 6.04 Å². The standard InChI is InChI=1S/C41H67N3O10/c1-2-3-4-5-6-7-8-9-10-11-12-13-14-15-22-49-24-26-51-28-30-53-32-33-54-31-29-52-27-25-50-23-21-42-35-18-16-17-34-38(35)41(48)44(40(34)47)36-19-20-37(45)43-39(36)46/h16-18,36,42H,2-15,19-33H2,1H3,(H,43,45,46). The molecule has 0 aliphatic carbocycles. The van der Waals surface area contributed by atoms with Crippen LogP contribution in [-0.2, 0) is 38.0 Å². The summed E-state index contributed by atoms with van der Waals surface area (Å²) in [5, 5.41) is 5.35. The lowest BCUT2D eigenvalue weighted by atomic mass is 10.0. The van der Waals surface area contributed by atoms with Gasteiger partial charge in [-0.25, -0.2) is 0 Å². The third kappa shape index (κ3) is 18.1. The lowest BCUT2D eigenvalue weighted by Gasteiger charge is -2.27. The lowest BCUT2D eigenvalue weighted by Crippen LogP contribution is -2.54. The molecule has 13 nitrogen and oxygen atoms in total. The summed E-state index contributed by atoms with van der Waals surface area (Å²) < 4.78 is 33.5. The molecule has 0 radical (unpaired) electrons. The molecule has 0 aromatic heterocycles. The minimum Gasteiger partial charge on any atom is -0.382 e. The van der Waals surface area contributed by atoms with E-state index in [1.54, 1.807) is 18.2 Å². The van der Waals surface area contributed by atoms with Crippen molar-refractivity contribution in [3.63, 3.8) is 0 Å². The zero-order chi connectivity index (χ0) is 38.5. The van der Waals surface area contributed by atoms with E-state index in [1.165, 1.54) is 83.5 Å². The molecule has 13 heteroatoms. The molecule has 1 aromatic rings. The van der Waals surface area contributed by atoms with E-state index >= 15 is 0 Å². The number of hydrogen-bond acceptors (Lipinski definition) is 11. The van der Waals surface area contributed by atoms with Gasteiger partial charge >= 0.3 is 0 Å². The predicted octanol–water partition coefficient (Wildman–Crippen LogP) is 6.08. The van der Waals surface area contributed by atoms with Crippen LogP contribution >= 0.6 is 0 Å². The summed E-state index contributed by atoms with van der Waals surface area (Å²) in [4.78, 5) is 50.9. The third-order valence-corrected chi connectivity index (χ3v) is 9.53. The number of fused-ring (bicyclic) bond motifs is 1. The van der Waals surface area contributed by atoms with Crippen LogP contribution in [0.2, 0.25) is 0 Å². The van der Waals surface area contributed by atoms with Crippen molar-refractivity contribution in [2.45, 2.75) is 116 Å². The molecule has 2 heterocycles. The van der Waals surface area contributed by atoms with E-state index in [1.807, 2.05) is 0 Å². The summed E-state index contributed by atoms with van der Waals surface area (Å²) in [6.45, 7) is 8.79. The molecule has 2 N–H and O–H groups in total. The van der Waals surface area contributed by atoms with Crippen molar-refractivity contribution >= 4 is 29.3 Å². The fourth-order valence-electron chi connectivity index (χ4n) is 6.52. The zero-order valence-electron chi connectivity index (χ0n) is 32.8. The minimum absolute atomic E-state index is 0.0743. The van der Waals surface area contributed by atoms with E-state index in [0.29, 0.717) is 84.9 Å². The second kappa shape index (κ2) is 29.4. The molecule has 0 bridgehead atoms. The van der Waals surface area contributed by atoms with Gasteiger partial charge in [0.15, 0.2) is 0 Å². The van der Waals surface area contributed by atoms with Gasteiger partial charge in [0.2, 0.25) is 11.8 Å². The van der Waals surface area contributed by atoms with E-state index in [0.717, 1.165) is 17.9 Å². The van der Waals surface area contributed by atoms with E-state index in [2.05, 4.69) is 17.6 Å². The summed E-state index contributed by atoms with van der Waals surface area (Å²) in [6.07, 6.45) is 19.2. The molecule has 0 saturated carbocycles. The highest BCUT2D eigenvalue weighted by Gasteiger charge is 2.45. The Morgan fingerprint density at radius 1 is 0.593 bits per heavy atom. The lowest BCUT2D eigenvalue weighted by molar-refractivity contribution is -0.136. The van der Waals surface area contributed by atoms with Crippen LogP contribution in [0.5, 0.6) is 0 Å².